The van der Waals surface area contributed by atoms with E-state index >= 15 is 0 Å². The highest BCUT2D eigenvalue weighted by atomic mass is 16.5. The van der Waals surface area contributed by atoms with Gasteiger partial charge in [-0.15, -0.1) is 0 Å². The van der Waals surface area contributed by atoms with E-state index in [4.69, 9.17) is 0 Å². The Bertz CT molecular complexity index is 327. The van der Waals surface area contributed by atoms with E-state index in [9.17, 15) is 4.79 Å². The van der Waals surface area contributed by atoms with Crippen LogP contribution in [0.3, 0.4) is 0 Å². The van der Waals surface area contributed by atoms with Crippen molar-refractivity contribution in [3.63, 3.8) is 0 Å². The molecule has 2 nitrogen and oxygen atoms in total. The third-order valence-corrected chi connectivity index (χ3v) is 3.51. The minimum absolute atomic E-state index is 0.291. The van der Waals surface area contributed by atoms with E-state index in [1.807, 2.05) is 18.2 Å². The molecule has 0 aliphatic carbocycles. The number of rotatable bonds is 14. The third-order valence-electron chi connectivity index (χ3n) is 3.51. The molecular formula is C20H34O2. The number of esters is 1. The molecule has 0 aliphatic heterocycles. The zero-order valence-corrected chi connectivity index (χ0v) is 14.6. The van der Waals surface area contributed by atoms with Gasteiger partial charge in [-0.1, -0.05) is 89.0 Å². The summed E-state index contributed by atoms with van der Waals surface area (Å²) in [5.74, 6) is -0.291. The Hall–Kier alpha value is -1.31. The first-order valence-electron chi connectivity index (χ1n) is 8.93. The molecule has 0 radical (unpaired) electrons. The third kappa shape index (κ3) is 18.7. The Morgan fingerprint density at radius 3 is 1.91 bits per heavy atom. The largest absolute Gasteiger partial charge is 0.435 e. The van der Waals surface area contributed by atoms with E-state index in [0.717, 1.165) is 6.42 Å². The molecule has 0 saturated carbocycles. The van der Waals surface area contributed by atoms with Gasteiger partial charge in [0.15, 0.2) is 0 Å². The predicted molar refractivity (Wildman–Crippen MR) is 95.6 cm³/mol. The van der Waals surface area contributed by atoms with Crippen LogP contribution in [-0.2, 0) is 9.53 Å². The summed E-state index contributed by atoms with van der Waals surface area (Å²) < 4.78 is 4.67. The van der Waals surface area contributed by atoms with E-state index in [2.05, 4.69) is 17.7 Å². The number of hydrogen-bond donors (Lipinski definition) is 0. The van der Waals surface area contributed by atoms with Crippen LogP contribution in [0.2, 0.25) is 0 Å². The fourth-order valence-electron chi connectivity index (χ4n) is 2.23. The molecule has 0 aromatic carbocycles. The van der Waals surface area contributed by atoms with E-state index in [0.29, 0.717) is 0 Å². The van der Waals surface area contributed by atoms with Gasteiger partial charge in [0, 0.05) is 6.92 Å². The van der Waals surface area contributed by atoms with Crippen molar-refractivity contribution in [2.45, 2.75) is 84.5 Å². The molecule has 0 amide bonds. The number of carbonyl (C=O) groups is 1. The maximum atomic E-state index is 10.5. The highest BCUT2D eigenvalue weighted by Crippen LogP contribution is 2.11. The molecule has 0 heterocycles. The maximum absolute atomic E-state index is 10.5. The van der Waals surface area contributed by atoms with Crippen LogP contribution in [0, 0.1) is 0 Å². The van der Waals surface area contributed by atoms with Gasteiger partial charge in [0.1, 0.15) is 0 Å². The second-order valence-corrected chi connectivity index (χ2v) is 5.72. The molecule has 22 heavy (non-hydrogen) atoms. The van der Waals surface area contributed by atoms with Crippen LogP contribution in [0.15, 0.2) is 36.6 Å². The van der Waals surface area contributed by atoms with Crippen molar-refractivity contribution in [3.8, 4) is 0 Å². The fraction of sp³-hybridized carbons (Fsp3) is 0.650. The summed E-state index contributed by atoms with van der Waals surface area (Å²) >= 11 is 0. The summed E-state index contributed by atoms with van der Waals surface area (Å²) in [6.45, 7) is 3.66. The van der Waals surface area contributed by atoms with Gasteiger partial charge in [-0.25, -0.2) is 0 Å². The van der Waals surface area contributed by atoms with Gasteiger partial charge >= 0.3 is 5.97 Å². The number of carbonyl (C=O) groups excluding carboxylic acids is 1. The average Bonchev–Trinajstić information content (AvgIpc) is 2.50. The molecular weight excluding hydrogens is 272 g/mol. The summed E-state index contributed by atoms with van der Waals surface area (Å²) in [7, 11) is 0. The molecule has 0 spiro atoms. The number of ether oxygens (including phenoxy) is 1. The Balaban J connectivity index is 3.25. The van der Waals surface area contributed by atoms with Crippen molar-refractivity contribution < 1.29 is 9.53 Å². The predicted octanol–water partition coefficient (Wildman–Crippen LogP) is 6.49. The molecule has 0 atom stereocenters. The topological polar surface area (TPSA) is 26.3 Å². The molecule has 0 fully saturated rings. The highest BCUT2D eigenvalue weighted by molar-refractivity contribution is 5.66. The Kier molecular flexibility index (Phi) is 16.7. The van der Waals surface area contributed by atoms with E-state index in [1.165, 1.54) is 77.4 Å². The number of hydrogen-bond acceptors (Lipinski definition) is 2. The van der Waals surface area contributed by atoms with Crippen molar-refractivity contribution >= 4 is 5.97 Å². The van der Waals surface area contributed by atoms with E-state index in [1.54, 1.807) is 6.08 Å². The molecule has 2 heteroatoms. The second kappa shape index (κ2) is 17.7. The van der Waals surface area contributed by atoms with Gasteiger partial charge in [0.25, 0.3) is 0 Å². The van der Waals surface area contributed by atoms with Crippen LogP contribution in [-0.4, -0.2) is 5.97 Å². The summed E-state index contributed by atoms with van der Waals surface area (Å²) in [4.78, 5) is 10.5. The maximum Gasteiger partial charge on any atom is 0.307 e. The first-order valence-corrected chi connectivity index (χ1v) is 8.93. The van der Waals surface area contributed by atoms with E-state index < -0.39 is 0 Å². The summed E-state index contributed by atoms with van der Waals surface area (Å²) in [6.07, 6.45) is 26.1. The average molecular weight is 306 g/mol. The molecule has 0 saturated heterocycles. The van der Waals surface area contributed by atoms with Crippen LogP contribution in [0.5, 0.6) is 0 Å². The minimum atomic E-state index is -0.291. The van der Waals surface area contributed by atoms with Gasteiger partial charge in [0.2, 0.25) is 0 Å². The minimum Gasteiger partial charge on any atom is -0.435 e. The number of allylic oxidation sites excluding steroid dienone is 5. The van der Waals surface area contributed by atoms with Crippen LogP contribution in [0.4, 0.5) is 0 Å². The van der Waals surface area contributed by atoms with Gasteiger partial charge in [-0.2, -0.15) is 0 Å². The summed E-state index contributed by atoms with van der Waals surface area (Å²) in [5.41, 5.74) is 0. The van der Waals surface area contributed by atoms with Crippen molar-refractivity contribution in [1.29, 1.82) is 0 Å². The smallest absolute Gasteiger partial charge is 0.307 e. The van der Waals surface area contributed by atoms with Crippen LogP contribution < -0.4 is 0 Å². The van der Waals surface area contributed by atoms with Crippen LogP contribution in [0.25, 0.3) is 0 Å². The molecule has 126 valence electrons. The lowest BCUT2D eigenvalue weighted by atomic mass is 10.1. The summed E-state index contributed by atoms with van der Waals surface area (Å²) in [6, 6.07) is 0. The van der Waals surface area contributed by atoms with Gasteiger partial charge < -0.3 is 4.74 Å². The second-order valence-electron chi connectivity index (χ2n) is 5.72. The van der Waals surface area contributed by atoms with Crippen molar-refractivity contribution in [3.05, 3.63) is 36.6 Å². The van der Waals surface area contributed by atoms with Crippen LogP contribution in [0.1, 0.15) is 84.5 Å². The first kappa shape index (κ1) is 20.7. The molecule has 0 aromatic heterocycles. The lowest BCUT2D eigenvalue weighted by Gasteiger charge is -2.01. The number of unbranched alkanes of at least 4 members (excludes halogenated alkanes) is 10. The molecule has 0 N–H and O–H groups in total. The fourth-order valence-corrected chi connectivity index (χ4v) is 2.23. The molecule has 0 bridgehead atoms. The van der Waals surface area contributed by atoms with Gasteiger partial charge in [0.05, 0.1) is 6.26 Å². The first-order chi connectivity index (χ1) is 10.8. The Labute approximate surface area is 137 Å². The normalized spacial score (nSPS) is 11.9. The van der Waals surface area contributed by atoms with Gasteiger partial charge in [-0.3, -0.25) is 4.79 Å². The standard InChI is InChI=1S/C20H34O2/c1-3-4-5-6-7-8-9-10-11-12-13-14-15-16-17-18-19-22-20(2)21/h14-19H,3-13H2,1-2H3. The molecule has 0 aliphatic rings. The van der Waals surface area contributed by atoms with Gasteiger partial charge in [-0.05, 0) is 18.9 Å². The Morgan fingerprint density at radius 2 is 1.32 bits per heavy atom. The SMILES string of the molecule is CCCCCCCCCCCCC=CC=CC=COC(C)=O. The lowest BCUT2D eigenvalue weighted by Crippen LogP contribution is -1.88. The molecule has 0 aromatic rings. The quantitative estimate of drug-likeness (QED) is 0.159. The highest BCUT2D eigenvalue weighted by Gasteiger charge is 1.91. The van der Waals surface area contributed by atoms with Crippen molar-refractivity contribution in [2.75, 3.05) is 0 Å². The zero-order chi connectivity index (χ0) is 16.3. The summed E-state index contributed by atoms with van der Waals surface area (Å²) in [5, 5.41) is 0. The lowest BCUT2D eigenvalue weighted by molar-refractivity contribution is -0.135. The monoisotopic (exact) mass is 306 g/mol. The molecule has 0 unspecified atom stereocenters. The zero-order valence-electron chi connectivity index (χ0n) is 14.6. The van der Waals surface area contributed by atoms with Crippen molar-refractivity contribution in [1.82, 2.24) is 0 Å². The van der Waals surface area contributed by atoms with E-state index in [-0.39, 0.29) is 5.97 Å². The van der Waals surface area contributed by atoms with Crippen molar-refractivity contribution in [2.24, 2.45) is 0 Å². The molecule has 0 rings (SSSR count). The van der Waals surface area contributed by atoms with Crippen LogP contribution >= 0.6 is 0 Å². The Morgan fingerprint density at radius 1 is 0.773 bits per heavy atom.